The van der Waals surface area contributed by atoms with Crippen LogP contribution in [0.4, 0.5) is 17.6 Å². The fourth-order valence-corrected chi connectivity index (χ4v) is 4.04. The summed E-state index contributed by atoms with van der Waals surface area (Å²) < 4.78 is 57.3. The van der Waals surface area contributed by atoms with Gasteiger partial charge in [-0.3, -0.25) is 4.79 Å². The van der Waals surface area contributed by atoms with E-state index in [9.17, 15) is 22.4 Å². The van der Waals surface area contributed by atoms with Crippen molar-refractivity contribution in [3.05, 3.63) is 83.2 Å². The van der Waals surface area contributed by atoms with Crippen LogP contribution in [-0.4, -0.2) is 33.9 Å². The summed E-state index contributed by atoms with van der Waals surface area (Å²) in [4.78, 5) is 21.7. The van der Waals surface area contributed by atoms with E-state index in [-0.39, 0.29) is 30.4 Å². The highest BCUT2D eigenvalue weighted by Crippen LogP contribution is 2.32. The number of benzene rings is 3. The van der Waals surface area contributed by atoms with Gasteiger partial charge in [-0.25, -0.2) is 9.37 Å². The van der Waals surface area contributed by atoms with Crippen molar-refractivity contribution in [2.45, 2.75) is 19.4 Å². The van der Waals surface area contributed by atoms with Crippen LogP contribution in [-0.2, 0) is 19.4 Å². The Labute approximate surface area is 192 Å². The minimum absolute atomic E-state index is 0.181. The van der Waals surface area contributed by atoms with Gasteiger partial charge >= 0.3 is 6.18 Å². The molecule has 0 aliphatic carbocycles. The Morgan fingerprint density at radius 1 is 1.03 bits per heavy atom. The molecule has 0 saturated carbocycles. The fourth-order valence-electron chi connectivity index (χ4n) is 4.04. The number of halogens is 4. The standard InChI is InChI=1S/C25H19F4N3O2/c26-13-23-30-20-7-3-17(12-21(20)31-23)16-4-8-22-18(11-16)14-32(9-10-34-22)24(33)15-1-5-19(6-2-15)25(27,28)29/h1-8,11-12H,9-10,13-14H2,(H,30,31). The Morgan fingerprint density at radius 3 is 2.50 bits per heavy atom. The highest BCUT2D eigenvalue weighted by Gasteiger charge is 2.30. The van der Waals surface area contributed by atoms with Crippen LogP contribution in [0.15, 0.2) is 60.7 Å². The molecule has 1 aromatic heterocycles. The van der Waals surface area contributed by atoms with E-state index in [1.54, 1.807) is 4.90 Å². The Hall–Kier alpha value is -3.88. The van der Waals surface area contributed by atoms with E-state index in [4.69, 9.17) is 4.74 Å². The third-order valence-electron chi connectivity index (χ3n) is 5.78. The van der Waals surface area contributed by atoms with Crippen molar-refractivity contribution in [1.82, 2.24) is 14.9 Å². The van der Waals surface area contributed by atoms with Gasteiger partial charge in [0.15, 0.2) is 0 Å². The molecule has 0 radical (unpaired) electrons. The number of alkyl halides is 4. The number of carbonyl (C=O) groups is 1. The molecule has 5 nitrogen and oxygen atoms in total. The van der Waals surface area contributed by atoms with E-state index >= 15 is 0 Å². The first-order chi connectivity index (χ1) is 16.3. The van der Waals surface area contributed by atoms with Crippen molar-refractivity contribution in [3.8, 4) is 16.9 Å². The number of hydrogen-bond donors (Lipinski definition) is 1. The molecule has 0 bridgehead atoms. The molecule has 9 heteroatoms. The average molecular weight is 469 g/mol. The molecule has 4 aromatic rings. The summed E-state index contributed by atoms with van der Waals surface area (Å²) in [6.45, 7) is 0.144. The molecule has 1 amide bonds. The lowest BCUT2D eigenvalue weighted by Gasteiger charge is -2.20. The molecule has 1 aliphatic rings. The molecular formula is C25H19F4N3O2. The molecule has 0 atom stereocenters. The Kier molecular flexibility index (Phi) is 5.47. The topological polar surface area (TPSA) is 58.2 Å². The van der Waals surface area contributed by atoms with E-state index in [1.807, 2.05) is 36.4 Å². The Balaban J connectivity index is 1.41. The maximum Gasteiger partial charge on any atom is 0.416 e. The zero-order valence-corrected chi connectivity index (χ0v) is 17.8. The second kappa shape index (κ2) is 8.48. The van der Waals surface area contributed by atoms with Crippen LogP contribution < -0.4 is 4.74 Å². The molecule has 34 heavy (non-hydrogen) atoms. The van der Waals surface area contributed by atoms with Gasteiger partial charge < -0.3 is 14.6 Å². The summed E-state index contributed by atoms with van der Waals surface area (Å²) in [7, 11) is 0. The van der Waals surface area contributed by atoms with Crippen LogP contribution >= 0.6 is 0 Å². The fraction of sp³-hybridized carbons (Fsp3) is 0.200. The van der Waals surface area contributed by atoms with Crippen LogP contribution in [0.2, 0.25) is 0 Å². The second-order valence-corrected chi connectivity index (χ2v) is 8.02. The highest BCUT2D eigenvalue weighted by atomic mass is 19.4. The number of aromatic amines is 1. The SMILES string of the molecule is O=C(c1ccc(C(F)(F)F)cc1)N1CCOc2ccc(-c3ccc4nc(CF)[nH]c4c3)cc2C1. The number of imidazole rings is 1. The first-order valence-corrected chi connectivity index (χ1v) is 10.6. The number of rotatable bonds is 3. The summed E-state index contributed by atoms with van der Waals surface area (Å²) in [6.07, 6.45) is -4.46. The van der Waals surface area contributed by atoms with Gasteiger partial charge in [-0.2, -0.15) is 13.2 Å². The van der Waals surface area contributed by atoms with Crippen LogP contribution in [0.5, 0.6) is 5.75 Å². The molecule has 5 rings (SSSR count). The Morgan fingerprint density at radius 2 is 1.76 bits per heavy atom. The molecule has 1 aliphatic heterocycles. The van der Waals surface area contributed by atoms with Crippen LogP contribution in [0.25, 0.3) is 22.2 Å². The molecule has 0 spiro atoms. The molecule has 0 saturated heterocycles. The largest absolute Gasteiger partial charge is 0.491 e. The first kappa shape index (κ1) is 21.9. The summed E-state index contributed by atoms with van der Waals surface area (Å²) >= 11 is 0. The maximum absolute atomic E-state index is 13.0. The van der Waals surface area contributed by atoms with E-state index in [0.29, 0.717) is 17.8 Å². The molecule has 1 N–H and O–H groups in total. The Bertz CT molecular complexity index is 1360. The quantitative estimate of drug-likeness (QED) is 0.389. The highest BCUT2D eigenvalue weighted by molar-refractivity contribution is 5.94. The van der Waals surface area contributed by atoms with Crippen LogP contribution in [0.1, 0.15) is 27.3 Å². The number of ether oxygens (including phenoxy) is 1. The maximum atomic E-state index is 13.0. The van der Waals surface area contributed by atoms with Gasteiger partial charge in [0.2, 0.25) is 0 Å². The predicted molar refractivity (Wildman–Crippen MR) is 118 cm³/mol. The number of aromatic nitrogens is 2. The summed E-state index contributed by atoms with van der Waals surface area (Å²) in [5, 5.41) is 0. The molecule has 0 fully saturated rings. The molecule has 3 aromatic carbocycles. The third kappa shape index (κ3) is 4.21. The molecule has 0 unspecified atom stereocenters. The monoisotopic (exact) mass is 469 g/mol. The van der Waals surface area contributed by atoms with E-state index in [0.717, 1.165) is 34.3 Å². The van der Waals surface area contributed by atoms with Crippen molar-refractivity contribution in [1.29, 1.82) is 0 Å². The average Bonchev–Trinajstić information content (AvgIpc) is 3.13. The van der Waals surface area contributed by atoms with Gasteiger partial charge in [-0.15, -0.1) is 0 Å². The lowest BCUT2D eigenvalue weighted by molar-refractivity contribution is -0.137. The number of hydrogen-bond acceptors (Lipinski definition) is 3. The summed E-state index contributed by atoms with van der Waals surface area (Å²) in [6, 6.07) is 15.4. The van der Waals surface area contributed by atoms with Gasteiger partial charge in [0.1, 0.15) is 24.9 Å². The molecule has 2 heterocycles. The second-order valence-electron chi connectivity index (χ2n) is 8.02. The van der Waals surface area contributed by atoms with Gasteiger partial charge in [-0.1, -0.05) is 12.1 Å². The minimum Gasteiger partial charge on any atom is -0.491 e. The van der Waals surface area contributed by atoms with Crippen molar-refractivity contribution in [2.24, 2.45) is 0 Å². The number of nitrogens with zero attached hydrogens (tertiary/aromatic N) is 2. The predicted octanol–water partition coefficient (Wildman–Crippen LogP) is 5.75. The minimum atomic E-state index is -4.46. The van der Waals surface area contributed by atoms with Gasteiger partial charge in [-0.05, 0) is 59.7 Å². The number of H-pyrrole nitrogens is 1. The smallest absolute Gasteiger partial charge is 0.416 e. The zero-order chi connectivity index (χ0) is 23.9. The third-order valence-corrected chi connectivity index (χ3v) is 5.78. The van der Waals surface area contributed by atoms with Crippen molar-refractivity contribution in [3.63, 3.8) is 0 Å². The normalized spacial score (nSPS) is 13.9. The van der Waals surface area contributed by atoms with Crippen LogP contribution in [0, 0.1) is 0 Å². The van der Waals surface area contributed by atoms with Gasteiger partial charge in [0, 0.05) is 17.7 Å². The summed E-state index contributed by atoms with van der Waals surface area (Å²) in [5.74, 6) is 0.543. The van der Waals surface area contributed by atoms with Gasteiger partial charge in [0.05, 0.1) is 23.1 Å². The van der Waals surface area contributed by atoms with Crippen molar-refractivity contribution < 1.29 is 27.1 Å². The van der Waals surface area contributed by atoms with Crippen LogP contribution in [0.3, 0.4) is 0 Å². The van der Waals surface area contributed by atoms with Crippen molar-refractivity contribution in [2.75, 3.05) is 13.2 Å². The lowest BCUT2D eigenvalue weighted by atomic mass is 10.0. The van der Waals surface area contributed by atoms with E-state index in [1.165, 1.54) is 12.1 Å². The number of nitrogens with one attached hydrogen (secondary N) is 1. The first-order valence-electron chi connectivity index (χ1n) is 10.6. The van der Waals surface area contributed by atoms with E-state index < -0.39 is 18.4 Å². The van der Waals surface area contributed by atoms with Gasteiger partial charge in [0.25, 0.3) is 5.91 Å². The number of amides is 1. The molecular weight excluding hydrogens is 450 g/mol. The number of fused-ring (bicyclic) bond motifs is 2. The zero-order valence-electron chi connectivity index (χ0n) is 17.8. The molecule has 174 valence electrons. The lowest BCUT2D eigenvalue weighted by Crippen LogP contribution is -2.32. The number of carbonyl (C=O) groups excluding carboxylic acids is 1. The van der Waals surface area contributed by atoms with E-state index in [2.05, 4.69) is 9.97 Å². The van der Waals surface area contributed by atoms with Crippen molar-refractivity contribution >= 4 is 16.9 Å². The summed E-state index contributed by atoms with van der Waals surface area (Å²) in [5.41, 5.74) is 3.31.